The molecule has 1 unspecified atom stereocenters. The summed E-state index contributed by atoms with van der Waals surface area (Å²) in [6.45, 7) is 13.3. The van der Waals surface area contributed by atoms with Gasteiger partial charge in [0.15, 0.2) is 0 Å². The lowest BCUT2D eigenvalue weighted by Gasteiger charge is -2.31. The molecule has 0 aliphatic carbocycles. The summed E-state index contributed by atoms with van der Waals surface area (Å²) in [5.74, 6) is 0. The van der Waals surface area contributed by atoms with E-state index in [0.29, 0.717) is 6.04 Å². The Morgan fingerprint density at radius 1 is 1.19 bits per heavy atom. The molecule has 0 aromatic carbocycles. The van der Waals surface area contributed by atoms with Gasteiger partial charge in [-0.15, -0.1) is 0 Å². The Labute approximate surface area is 101 Å². The molecule has 0 saturated heterocycles. The third-order valence-electron chi connectivity index (χ3n) is 2.39. The van der Waals surface area contributed by atoms with Crippen LogP contribution in [0.1, 0.15) is 54.4 Å². The predicted octanol–water partition coefficient (Wildman–Crippen LogP) is 2.33. The first-order valence-corrected chi connectivity index (χ1v) is 6.21. The second-order valence-corrected chi connectivity index (χ2v) is 6.08. The van der Waals surface area contributed by atoms with E-state index in [4.69, 9.17) is 4.74 Å². The molecule has 0 spiro atoms. The fourth-order valence-electron chi connectivity index (χ4n) is 1.73. The molecule has 0 rings (SSSR count). The van der Waals surface area contributed by atoms with Crippen LogP contribution in [-0.4, -0.2) is 35.5 Å². The molecule has 3 heteroatoms. The summed E-state index contributed by atoms with van der Waals surface area (Å²) in [7, 11) is 0. The zero-order valence-electron chi connectivity index (χ0n) is 11.8. The van der Waals surface area contributed by atoms with E-state index in [2.05, 4.69) is 46.9 Å². The molecule has 0 bridgehead atoms. The van der Waals surface area contributed by atoms with Crippen LogP contribution in [0.2, 0.25) is 0 Å². The van der Waals surface area contributed by atoms with Crippen LogP contribution in [0.25, 0.3) is 0 Å². The van der Waals surface area contributed by atoms with Crippen LogP contribution in [0.15, 0.2) is 0 Å². The van der Waals surface area contributed by atoms with Crippen molar-refractivity contribution < 1.29 is 9.84 Å². The molecule has 1 atom stereocenters. The molecular formula is C13H29NO2. The van der Waals surface area contributed by atoms with Crippen molar-refractivity contribution in [2.75, 3.05) is 13.2 Å². The average molecular weight is 231 g/mol. The molecular weight excluding hydrogens is 202 g/mol. The standard InChI is InChI=1S/C13H29NO2/c1-11(2)14-13(6,10-15)8-7-9-16-12(3,4)5/h11,14-15H,7-10H2,1-6H3. The number of hydrogen-bond acceptors (Lipinski definition) is 3. The van der Waals surface area contributed by atoms with Crippen molar-refractivity contribution in [1.29, 1.82) is 0 Å². The van der Waals surface area contributed by atoms with Gasteiger partial charge in [0.25, 0.3) is 0 Å². The lowest BCUT2D eigenvalue weighted by Crippen LogP contribution is -2.49. The van der Waals surface area contributed by atoms with Crippen LogP contribution in [0.5, 0.6) is 0 Å². The summed E-state index contributed by atoms with van der Waals surface area (Å²) in [6, 6.07) is 0.390. The number of aliphatic hydroxyl groups is 1. The molecule has 0 radical (unpaired) electrons. The van der Waals surface area contributed by atoms with Gasteiger partial charge in [-0.2, -0.15) is 0 Å². The molecule has 0 aromatic rings. The zero-order valence-corrected chi connectivity index (χ0v) is 11.8. The van der Waals surface area contributed by atoms with Crippen LogP contribution >= 0.6 is 0 Å². The number of hydrogen-bond donors (Lipinski definition) is 2. The van der Waals surface area contributed by atoms with Crippen molar-refractivity contribution in [3.63, 3.8) is 0 Å². The van der Waals surface area contributed by atoms with Crippen molar-refractivity contribution in [3.05, 3.63) is 0 Å². The summed E-state index contributed by atoms with van der Waals surface area (Å²) in [5, 5.41) is 12.8. The van der Waals surface area contributed by atoms with Gasteiger partial charge < -0.3 is 15.2 Å². The predicted molar refractivity (Wildman–Crippen MR) is 68.7 cm³/mol. The van der Waals surface area contributed by atoms with Crippen molar-refractivity contribution in [1.82, 2.24) is 5.32 Å². The molecule has 0 amide bonds. The molecule has 98 valence electrons. The second-order valence-electron chi connectivity index (χ2n) is 6.08. The van der Waals surface area contributed by atoms with Gasteiger partial charge in [0, 0.05) is 18.2 Å². The van der Waals surface area contributed by atoms with Gasteiger partial charge in [-0.3, -0.25) is 0 Å². The molecule has 0 fully saturated rings. The largest absolute Gasteiger partial charge is 0.394 e. The van der Waals surface area contributed by atoms with Crippen LogP contribution in [0.3, 0.4) is 0 Å². The Hall–Kier alpha value is -0.120. The normalized spacial score (nSPS) is 16.5. The highest BCUT2D eigenvalue weighted by molar-refractivity contribution is 4.83. The summed E-state index contributed by atoms with van der Waals surface area (Å²) >= 11 is 0. The van der Waals surface area contributed by atoms with Crippen molar-refractivity contribution in [3.8, 4) is 0 Å². The molecule has 0 aliphatic heterocycles. The van der Waals surface area contributed by atoms with Gasteiger partial charge in [0.05, 0.1) is 12.2 Å². The van der Waals surface area contributed by atoms with E-state index in [9.17, 15) is 5.11 Å². The molecule has 16 heavy (non-hydrogen) atoms. The smallest absolute Gasteiger partial charge is 0.0610 e. The number of rotatable bonds is 7. The Balaban J connectivity index is 3.87. The van der Waals surface area contributed by atoms with E-state index in [1.54, 1.807) is 0 Å². The first-order chi connectivity index (χ1) is 7.18. The summed E-state index contributed by atoms with van der Waals surface area (Å²) in [5.41, 5.74) is -0.253. The Morgan fingerprint density at radius 2 is 1.75 bits per heavy atom. The maximum absolute atomic E-state index is 9.39. The Bertz CT molecular complexity index is 187. The fourth-order valence-corrected chi connectivity index (χ4v) is 1.73. The van der Waals surface area contributed by atoms with E-state index in [1.165, 1.54) is 0 Å². The Kier molecular flexibility index (Phi) is 6.53. The highest BCUT2D eigenvalue weighted by atomic mass is 16.5. The topological polar surface area (TPSA) is 41.5 Å². The third kappa shape index (κ3) is 8.08. The van der Waals surface area contributed by atoms with E-state index in [1.807, 2.05) is 0 Å². The third-order valence-corrected chi connectivity index (χ3v) is 2.39. The summed E-state index contributed by atoms with van der Waals surface area (Å²) in [4.78, 5) is 0. The van der Waals surface area contributed by atoms with Gasteiger partial charge in [-0.25, -0.2) is 0 Å². The minimum absolute atomic E-state index is 0.0684. The molecule has 0 saturated carbocycles. The van der Waals surface area contributed by atoms with Gasteiger partial charge in [-0.05, 0) is 40.5 Å². The maximum Gasteiger partial charge on any atom is 0.0610 e. The average Bonchev–Trinajstić information content (AvgIpc) is 2.10. The van der Waals surface area contributed by atoms with E-state index in [-0.39, 0.29) is 17.7 Å². The lowest BCUT2D eigenvalue weighted by molar-refractivity contribution is -0.00827. The Morgan fingerprint density at radius 3 is 2.12 bits per heavy atom. The highest BCUT2D eigenvalue weighted by Crippen LogP contribution is 2.14. The van der Waals surface area contributed by atoms with Crippen LogP contribution < -0.4 is 5.32 Å². The van der Waals surface area contributed by atoms with Crippen LogP contribution in [-0.2, 0) is 4.74 Å². The number of ether oxygens (including phenoxy) is 1. The quantitative estimate of drug-likeness (QED) is 0.661. The second kappa shape index (κ2) is 6.58. The van der Waals surface area contributed by atoms with Crippen LogP contribution in [0, 0.1) is 0 Å². The van der Waals surface area contributed by atoms with Gasteiger partial charge in [-0.1, -0.05) is 13.8 Å². The van der Waals surface area contributed by atoms with Crippen LogP contribution in [0.4, 0.5) is 0 Å². The van der Waals surface area contributed by atoms with E-state index >= 15 is 0 Å². The maximum atomic E-state index is 9.39. The summed E-state index contributed by atoms with van der Waals surface area (Å²) in [6.07, 6.45) is 1.89. The van der Waals surface area contributed by atoms with Gasteiger partial charge in [0.1, 0.15) is 0 Å². The first kappa shape index (κ1) is 15.9. The fraction of sp³-hybridized carbons (Fsp3) is 1.00. The lowest BCUT2D eigenvalue weighted by atomic mass is 9.96. The summed E-state index contributed by atoms with van der Waals surface area (Å²) < 4.78 is 5.66. The molecule has 3 nitrogen and oxygen atoms in total. The SMILES string of the molecule is CC(C)NC(C)(CO)CCCOC(C)(C)C. The monoisotopic (exact) mass is 231 g/mol. The van der Waals surface area contributed by atoms with E-state index in [0.717, 1.165) is 19.4 Å². The van der Waals surface area contributed by atoms with Gasteiger partial charge in [0.2, 0.25) is 0 Å². The zero-order chi connectivity index (χ0) is 12.8. The molecule has 2 N–H and O–H groups in total. The number of aliphatic hydroxyl groups excluding tert-OH is 1. The van der Waals surface area contributed by atoms with Gasteiger partial charge >= 0.3 is 0 Å². The molecule has 0 aromatic heterocycles. The van der Waals surface area contributed by atoms with E-state index < -0.39 is 0 Å². The highest BCUT2D eigenvalue weighted by Gasteiger charge is 2.23. The van der Waals surface area contributed by atoms with Crippen molar-refractivity contribution >= 4 is 0 Å². The molecule has 0 heterocycles. The first-order valence-electron chi connectivity index (χ1n) is 6.21. The minimum atomic E-state index is -0.185. The van der Waals surface area contributed by atoms with Crippen molar-refractivity contribution in [2.24, 2.45) is 0 Å². The van der Waals surface area contributed by atoms with Crippen molar-refractivity contribution in [2.45, 2.75) is 71.6 Å². The number of nitrogens with one attached hydrogen (secondary N) is 1. The molecule has 0 aliphatic rings. The minimum Gasteiger partial charge on any atom is -0.394 e.